The van der Waals surface area contributed by atoms with Crippen molar-refractivity contribution < 1.29 is 13.9 Å². The summed E-state index contributed by atoms with van der Waals surface area (Å²) in [6.45, 7) is 7.11. The van der Waals surface area contributed by atoms with E-state index in [1.165, 1.54) is 5.69 Å². The summed E-state index contributed by atoms with van der Waals surface area (Å²) in [5.41, 5.74) is 1.19. The quantitative estimate of drug-likeness (QED) is 0.472. The molecule has 1 aromatic carbocycles. The van der Waals surface area contributed by atoms with E-state index in [2.05, 4.69) is 39.1 Å². The molecule has 0 aliphatic carbocycles. The molecule has 0 spiro atoms. The third kappa shape index (κ3) is 6.11. The van der Waals surface area contributed by atoms with E-state index in [0.29, 0.717) is 31.4 Å². The van der Waals surface area contributed by atoms with Gasteiger partial charge in [0.2, 0.25) is 11.8 Å². The van der Waals surface area contributed by atoms with E-state index < -0.39 is 0 Å². The van der Waals surface area contributed by atoms with Crippen LogP contribution in [0.25, 0.3) is 10.8 Å². The smallest absolute Gasteiger partial charge is 0.257 e. The zero-order valence-corrected chi connectivity index (χ0v) is 20.1. The fourth-order valence-electron chi connectivity index (χ4n) is 4.01. The molecule has 3 aromatic rings. The van der Waals surface area contributed by atoms with E-state index in [1.54, 1.807) is 18.4 Å². The van der Waals surface area contributed by atoms with Crippen molar-refractivity contribution in [2.45, 2.75) is 26.3 Å². The molecule has 0 saturated carbocycles. The maximum atomic E-state index is 13.1. The summed E-state index contributed by atoms with van der Waals surface area (Å²) in [6.07, 6.45) is 1.89. The topological polar surface area (TPSA) is 74.9 Å². The van der Waals surface area contributed by atoms with Crippen LogP contribution in [0.5, 0.6) is 5.75 Å². The van der Waals surface area contributed by atoms with Crippen LogP contribution in [0.3, 0.4) is 0 Å². The lowest BCUT2D eigenvalue weighted by Gasteiger charge is -2.26. The van der Waals surface area contributed by atoms with Crippen molar-refractivity contribution in [3.8, 4) is 16.5 Å². The average molecular weight is 470 g/mol. The van der Waals surface area contributed by atoms with Crippen LogP contribution in [0.15, 0.2) is 46.2 Å². The molecule has 1 fully saturated rings. The summed E-state index contributed by atoms with van der Waals surface area (Å²) in [7, 11) is 1.68. The van der Waals surface area contributed by atoms with E-state index in [4.69, 9.17) is 9.15 Å². The monoisotopic (exact) mass is 469 g/mol. The van der Waals surface area contributed by atoms with Gasteiger partial charge in [0.15, 0.2) is 0 Å². The van der Waals surface area contributed by atoms with Gasteiger partial charge < -0.3 is 19.0 Å². The molecule has 0 radical (unpaired) electrons. The van der Waals surface area contributed by atoms with Gasteiger partial charge in [-0.2, -0.15) is 0 Å². The Morgan fingerprint density at radius 1 is 1.15 bits per heavy atom. The Morgan fingerprint density at radius 2 is 2.00 bits per heavy atom. The van der Waals surface area contributed by atoms with Gasteiger partial charge >= 0.3 is 0 Å². The van der Waals surface area contributed by atoms with Crippen molar-refractivity contribution in [2.75, 3.05) is 51.3 Å². The van der Waals surface area contributed by atoms with Crippen molar-refractivity contribution in [3.05, 3.63) is 47.7 Å². The number of hydrogen-bond donors (Lipinski definition) is 0. The Balaban J connectivity index is 1.33. The first kappa shape index (κ1) is 23.3. The summed E-state index contributed by atoms with van der Waals surface area (Å²) in [5.74, 6) is 1.95. The van der Waals surface area contributed by atoms with Crippen LogP contribution >= 0.6 is 11.3 Å². The maximum absolute atomic E-state index is 13.1. The Bertz CT molecular complexity index is 1010. The Kier molecular flexibility index (Phi) is 7.96. The molecular weight excluding hydrogens is 438 g/mol. The van der Waals surface area contributed by atoms with E-state index >= 15 is 0 Å². The minimum atomic E-state index is 0.102. The number of methoxy groups -OCH3 is 1. The highest BCUT2D eigenvalue weighted by Crippen LogP contribution is 2.24. The third-order valence-corrected chi connectivity index (χ3v) is 6.61. The van der Waals surface area contributed by atoms with Crippen molar-refractivity contribution >= 4 is 22.9 Å². The van der Waals surface area contributed by atoms with Gasteiger partial charge in [0.05, 0.1) is 25.1 Å². The first-order chi connectivity index (χ1) is 16.2. The lowest BCUT2D eigenvalue weighted by atomic mass is 10.2. The minimum Gasteiger partial charge on any atom is -0.497 e. The third-order valence-electron chi connectivity index (χ3n) is 5.76. The van der Waals surface area contributed by atoms with Crippen LogP contribution < -0.4 is 9.64 Å². The van der Waals surface area contributed by atoms with Gasteiger partial charge in [-0.15, -0.1) is 21.5 Å². The number of ether oxygens (including phenoxy) is 1. The molecule has 1 aliphatic rings. The van der Waals surface area contributed by atoms with Crippen LogP contribution in [-0.4, -0.2) is 72.3 Å². The minimum absolute atomic E-state index is 0.102. The summed E-state index contributed by atoms with van der Waals surface area (Å²) in [5, 5.41) is 10.3. The van der Waals surface area contributed by atoms with Crippen molar-refractivity contribution in [1.29, 1.82) is 0 Å². The number of carbonyl (C=O) groups excluding carboxylic acids is 1. The van der Waals surface area contributed by atoms with E-state index in [-0.39, 0.29) is 5.91 Å². The predicted octanol–water partition coefficient (Wildman–Crippen LogP) is 3.76. The molecule has 1 saturated heterocycles. The SMILES string of the molecule is CCCN(Cc1nnc(-c2cccs2)o1)C(=O)CN1CCCN(c2ccc(OC)cc2)CC1. The number of nitrogens with zero attached hydrogens (tertiary/aromatic N) is 5. The van der Waals surface area contributed by atoms with Gasteiger partial charge in [-0.3, -0.25) is 9.69 Å². The second kappa shape index (κ2) is 11.3. The van der Waals surface area contributed by atoms with E-state index in [1.807, 2.05) is 34.5 Å². The van der Waals surface area contributed by atoms with Crippen LogP contribution in [-0.2, 0) is 11.3 Å². The fraction of sp³-hybridized carbons (Fsp3) is 0.458. The lowest BCUT2D eigenvalue weighted by molar-refractivity contribution is -0.133. The number of carbonyl (C=O) groups is 1. The number of hydrogen-bond acceptors (Lipinski definition) is 8. The number of thiophene rings is 1. The normalized spacial score (nSPS) is 14.8. The van der Waals surface area contributed by atoms with Crippen LogP contribution in [0.1, 0.15) is 25.7 Å². The second-order valence-electron chi connectivity index (χ2n) is 8.11. The largest absolute Gasteiger partial charge is 0.497 e. The number of amides is 1. The van der Waals surface area contributed by atoms with Crippen molar-refractivity contribution in [1.82, 2.24) is 20.0 Å². The predicted molar refractivity (Wildman–Crippen MR) is 130 cm³/mol. The molecule has 33 heavy (non-hydrogen) atoms. The first-order valence-corrected chi connectivity index (χ1v) is 12.3. The van der Waals surface area contributed by atoms with Gasteiger partial charge in [0.25, 0.3) is 5.89 Å². The van der Waals surface area contributed by atoms with Gasteiger partial charge in [-0.1, -0.05) is 13.0 Å². The molecule has 2 aromatic heterocycles. The standard InChI is InChI=1S/C24H31N5O3S/c1-3-11-29(17-22-25-26-24(32-22)21-6-4-16-33-21)23(30)18-27-12-5-13-28(15-14-27)19-7-9-20(31-2)10-8-19/h4,6-10,16H,3,5,11-15,17-18H2,1-2H3. The molecule has 3 heterocycles. The van der Waals surface area contributed by atoms with E-state index in [0.717, 1.165) is 49.6 Å². The average Bonchev–Trinajstić information content (AvgIpc) is 3.48. The van der Waals surface area contributed by atoms with Gasteiger partial charge in [-0.05, 0) is 48.6 Å². The number of aromatic nitrogens is 2. The first-order valence-electron chi connectivity index (χ1n) is 11.4. The molecule has 4 rings (SSSR count). The molecule has 0 unspecified atom stereocenters. The van der Waals surface area contributed by atoms with Crippen molar-refractivity contribution in [2.24, 2.45) is 0 Å². The van der Waals surface area contributed by atoms with Crippen LogP contribution in [0.2, 0.25) is 0 Å². The molecule has 0 N–H and O–H groups in total. The van der Waals surface area contributed by atoms with Crippen LogP contribution in [0, 0.1) is 0 Å². The highest BCUT2D eigenvalue weighted by atomic mass is 32.1. The van der Waals surface area contributed by atoms with Gasteiger partial charge in [0, 0.05) is 38.4 Å². The van der Waals surface area contributed by atoms with E-state index in [9.17, 15) is 4.79 Å². The number of anilines is 1. The second-order valence-corrected chi connectivity index (χ2v) is 9.06. The molecule has 1 amide bonds. The number of rotatable bonds is 9. The Morgan fingerprint density at radius 3 is 2.73 bits per heavy atom. The Labute approximate surface area is 198 Å². The zero-order valence-electron chi connectivity index (χ0n) is 19.3. The molecule has 176 valence electrons. The summed E-state index contributed by atoms with van der Waals surface area (Å²) >= 11 is 1.56. The fourth-order valence-corrected chi connectivity index (χ4v) is 4.66. The summed E-state index contributed by atoms with van der Waals surface area (Å²) in [4.78, 5) is 20.5. The molecule has 1 aliphatic heterocycles. The molecule has 0 atom stereocenters. The summed E-state index contributed by atoms with van der Waals surface area (Å²) < 4.78 is 11.1. The van der Waals surface area contributed by atoms with Crippen molar-refractivity contribution in [3.63, 3.8) is 0 Å². The molecular formula is C24H31N5O3S. The molecule has 8 nitrogen and oxygen atoms in total. The highest BCUT2D eigenvalue weighted by molar-refractivity contribution is 7.13. The summed E-state index contributed by atoms with van der Waals surface area (Å²) in [6, 6.07) is 12.1. The highest BCUT2D eigenvalue weighted by Gasteiger charge is 2.22. The Hall–Kier alpha value is -2.91. The molecule has 9 heteroatoms. The lowest BCUT2D eigenvalue weighted by Crippen LogP contribution is -2.41. The zero-order chi connectivity index (χ0) is 23.0. The molecule has 0 bridgehead atoms. The van der Waals surface area contributed by atoms with Gasteiger partial charge in [0.1, 0.15) is 5.75 Å². The number of benzene rings is 1. The van der Waals surface area contributed by atoms with Gasteiger partial charge in [-0.25, -0.2) is 0 Å². The maximum Gasteiger partial charge on any atom is 0.257 e. The van der Waals surface area contributed by atoms with Crippen LogP contribution in [0.4, 0.5) is 5.69 Å².